The van der Waals surface area contributed by atoms with Gasteiger partial charge in [0.1, 0.15) is 12.0 Å². The van der Waals surface area contributed by atoms with Crippen LogP contribution in [-0.4, -0.2) is 28.8 Å². The van der Waals surface area contributed by atoms with Gasteiger partial charge in [0.05, 0.1) is 24.7 Å². The minimum absolute atomic E-state index is 0.0607. The summed E-state index contributed by atoms with van der Waals surface area (Å²) in [5, 5.41) is 0. The Morgan fingerprint density at radius 2 is 2.16 bits per heavy atom. The number of pyridine rings is 1. The molecule has 19 heavy (non-hydrogen) atoms. The van der Waals surface area contributed by atoms with Crippen LogP contribution in [0.1, 0.15) is 5.56 Å². The van der Waals surface area contributed by atoms with Gasteiger partial charge in [-0.15, -0.1) is 0 Å². The van der Waals surface area contributed by atoms with Crippen molar-refractivity contribution in [2.45, 2.75) is 0 Å². The summed E-state index contributed by atoms with van der Waals surface area (Å²) in [5.74, 6) is -0.787. The van der Waals surface area contributed by atoms with Crippen molar-refractivity contribution < 1.29 is 9.13 Å². The summed E-state index contributed by atoms with van der Waals surface area (Å²) in [7, 11) is 1.34. The number of aromatic nitrogens is 3. The Morgan fingerprint density at radius 1 is 1.37 bits per heavy atom. The maximum absolute atomic E-state index is 14.0. The summed E-state index contributed by atoms with van der Waals surface area (Å²) in [6.45, 7) is 7.09. The number of ether oxygens (including phenoxy) is 1. The molecule has 0 atom stereocenters. The van der Waals surface area contributed by atoms with Gasteiger partial charge in [-0.05, 0) is 12.8 Å². The van der Waals surface area contributed by atoms with Crippen molar-refractivity contribution in [3.8, 4) is 17.3 Å². The Morgan fingerprint density at radius 3 is 2.79 bits per heavy atom. The summed E-state index contributed by atoms with van der Waals surface area (Å²) in [5.41, 5.74) is 1.67. The SMILES string of the molecule is C=Cc1cc(-c2ncnc(OC)c2F)ncc1N=C. The topological polar surface area (TPSA) is 60.3 Å². The van der Waals surface area contributed by atoms with Crippen molar-refractivity contribution in [2.75, 3.05) is 7.11 Å². The lowest BCUT2D eigenvalue weighted by atomic mass is 10.1. The summed E-state index contributed by atoms with van der Waals surface area (Å²) in [6, 6.07) is 1.63. The van der Waals surface area contributed by atoms with Crippen LogP contribution in [0.4, 0.5) is 10.1 Å². The lowest BCUT2D eigenvalue weighted by Gasteiger charge is -2.06. The number of aliphatic imine (C=N–C) groups is 1. The van der Waals surface area contributed by atoms with Crippen molar-refractivity contribution >= 4 is 18.5 Å². The molecule has 0 aliphatic carbocycles. The second-order valence-corrected chi connectivity index (χ2v) is 3.54. The van der Waals surface area contributed by atoms with Gasteiger partial charge in [0.25, 0.3) is 5.88 Å². The van der Waals surface area contributed by atoms with E-state index in [0.29, 0.717) is 16.9 Å². The molecule has 0 N–H and O–H groups in total. The van der Waals surface area contributed by atoms with E-state index in [1.165, 1.54) is 19.6 Å². The Bertz CT molecular complexity index is 643. The van der Waals surface area contributed by atoms with Crippen molar-refractivity contribution in [1.29, 1.82) is 0 Å². The fraction of sp³-hybridized carbons (Fsp3) is 0.0769. The Kier molecular flexibility index (Phi) is 3.61. The standard InChI is InChI=1S/C13H11FN4O/c1-4-8-5-9(16-6-10(8)15-2)12-11(14)13(19-3)18-7-17-12/h4-7H,1-2H2,3H3. The number of halogens is 1. The molecule has 0 amide bonds. The molecule has 2 rings (SSSR count). The molecule has 0 spiro atoms. The lowest BCUT2D eigenvalue weighted by Crippen LogP contribution is -1.98. The smallest absolute Gasteiger partial charge is 0.254 e. The molecule has 0 bridgehead atoms. The molecule has 0 aromatic carbocycles. The Labute approximate surface area is 109 Å². The van der Waals surface area contributed by atoms with E-state index >= 15 is 0 Å². The van der Waals surface area contributed by atoms with Gasteiger partial charge in [0.2, 0.25) is 5.82 Å². The van der Waals surface area contributed by atoms with Crippen LogP contribution >= 0.6 is 0 Å². The van der Waals surface area contributed by atoms with Gasteiger partial charge in [-0.3, -0.25) is 9.98 Å². The van der Waals surface area contributed by atoms with Crippen LogP contribution in [0.2, 0.25) is 0 Å². The summed E-state index contributed by atoms with van der Waals surface area (Å²) in [6.07, 6.45) is 4.28. The quantitative estimate of drug-likeness (QED) is 0.791. The van der Waals surface area contributed by atoms with E-state index in [9.17, 15) is 4.39 Å². The highest BCUT2D eigenvalue weighted by atomic mass is 19.1. The molecule has 0 aliphatic heterocycles. The van der Waals surface area contributed by atoms with E-state index < -0.39 is 5.82 Å². The van der Waals surface area contributed by atoms with Crippen molar-refractivity contribution in [3.63, 3.8) is 0 Å². The van der Waals surface area contributed by atoms with E-state index in [1.807, 2.05) is 0 Å². The maximum atomic E-state index is 14.0. The average Bonchev–Trinajstić information content (AvgIpc) is 2.46. The van der Waals surface area contributed by atoms with Crippen LogP contribution in [0.3, 0.4) is 0 Å². The van der Waals surface area contributed by atoms with Gasteiger partial charge < -0.3 is 4.74 Å². The second kappa shape index (κ2) is 5.34. The van der Waals surface area contributed by atoms with Gasteiger partial charge in [0, 0.05) is 5.56 Å². The molecule has 0 saturated heterocycles. The van der Waals surface area contributed by atoms with Crippen LogP contribution in [0.25, 0.3) is 17.5 Å². The predicted octanol–water partition coefficient (Wildman–Crippen LogP) is 2.66. The molecule has 6 heteroatoms. The number of hydrogen-bond acceptors (Lipinski definition) is 5. The third-order valence-corrected chi connectivity index (χ3v) is 2.50. The summed E-state index contributed by atoms with van der Waals surface area (Å²) in [4.78, 5) is 15.4. The normalized spacial score (nSPS) is 10.0. The summed E-state index contributed by atoms with van der Waals surface area (Å²) < 4.78 is 18.8. The first-order valence-corrected chi connectivity index (χ1v) is 5.35. The van der Waals surface area contributed by atoms with E-state index in [2.05, 4.69) is 33.2 Å². The monoisotopic (exact) mass is 258 g/mol. The number of nitrogens with zero attached hydrogens (tertiary/aromatic N) is 4. The summed E-state index contributed by atoms with van der Waals surface area (Å²) >= 11 is 0. The highest BCUT2D eigenvalue weighted by molar-refractivity contribution is 5.69. The molecule has 2 aromatic rings. The van der Waals surface area contributed by atoms with E-state index in [4.69, 9.17) is 4.74 Å². The third-order valence-electron chi connectivity index (χ3n) is 2.50. The number of rotatable bonds is 4. The maximum Gasteiger partial charge on any atom is 0.254 e. The molecule has 5 nitrogen and oxygen atoms in total. The minimum Gasteiger partial charge on any atom is -0.479 e. The van der Waals surface area contributed by atoms with Crippen molar-refractivity contribution in [2.24, 2.45) is 4.99 Å². The highest BCUT2D eigenvalue weighted by Crippen LogP contribution is 2.27. The van der Waals surface area contributed by atoms with Crippen molar-refractivity contribution in [3.05, 3.63) is 36.6 Å². The third kappa shape index (κ3) is 2.33. The number of hydrogen-bond donors (Lipinski definition) is 0. The Balaban J connectivity index is 2.59. The Hall–Kier alpha value is -2.63. The number of methoxy groups -OCH3 is 1. The van der Waals surface area contributed by atoms with Crippen LogP contribution in [0, 0.1) is 5.82 Å². The van der Waals surface area contributed by atoms with Gasteiger partial charge >= 0.3 is 0 Å². The molecule has 0 fully saturated rings. The van der Waals surface area contributed by atoms with Gasteiger partial charge in [-0.2, -0.15) is 9.37 Å². The molecule has 0 radical (unpaired) electrons. The van der Waals surface area contributed by atoms with E-state index in [-0.39, 0.29) is 11.6 Å². The second-order valence-electron chi connectivity index (χ2n) is 3.54. The van der Waals surface area contributed by atoms with Gasteiger partial charge in [-0.25, -0.2) is 4.98 Å². The van der Waals surface area contributed by atoms with Crippen LogP contribution in [0.15, 0.2) is 30.2 Å². The first-order chi connectivity index (χ1) is 9.21. The zero-order valence-electron chi connectivity index (χ0n) is 10.3. The van der Waals surface area contributed by atoms with Crippen LogP contribution < -0.4 is 4.74 Å². The van der Waals surface area contributed by atoms with E-state index in [1.54, 1.807) is 12.1 Å². The molecule has 96 valence electrons. The molecule has 0 aliphatic rings. The fourth-order valence-electron chi connectivity index (χ4n) is 1.56. The molecule has 0 unspecified atom stereocenters. The first-order valence-electron chi connectivity index (χ1n) is 5.35. The minimum atomic E-state index is -0.660. The van der Waals surface area contributed by atoms with Crippen LogP contribution in [-0.2, 0) is 0 Å². The molecule has 2 aromatic heterocycles. The van der Waals surface area contributed by atoms with Crippen molar-refractivity contribution in [1.82, 2.24) is 15.0 Å². The lowest BCUT2D eigenvalue weighted by molar-refractivity contribution is 0.368. The molecule has 0 saturated carbocycles. The zero-order valence-corrected chi connectivity index (χ0v) is 10.3. The zero-order chi connectivity index (χ0) is 13.8. The van der Waals surface area contributed by atoms with Gasteiger partial charge in [-0.1, -0.05) is 12.7 Å². The predicted molar refractivity (Wildman–Crippen MR) is 71.1 cm³/mol. The molecule has 2 heterocycles. The first kappa shape index (κ1) is 12.8. The highest BCUT2D eigenvalue weighted by Gasteiger charge is 2.15. The van der Waals surface area contributed by atoms with Gasteiger partial charge in [0.15, 0.2) is 0 Å². The average molecular weight is 258 g/mol. The molecular weight excluding hydrogens is 247 g/mol. The molecular formula is C13H11FN4O. The van der Waals surface area contributed by atoms with Crippen LogP contribution in [0.5, 0.6) is 5.88 Å². The van der Waals surface area contributed by atoms with E-state index in [0.717, 1.165) is 0 Å². The fourth-order valence-corrected chi connectivity index (χ4v) is 1.56. The largest absolute Gasteiger partial charge is 0.479 e.